The Balaban J connectivity index is 1.74. The molecule has 1 aromatic carbocycles. The van der Waals surface area contributed by atoms with Crippen LogP contribution in [0.25, 0.3) is 5.82 Å². The van der Waals surface area contributed by atoms with E-state index in [2.05, 4.69) is 15.4 Å². The molecule has 0 saturated carbocycles. The molecule has 7 nitrogen and oxygen atoms in total. The van der Waals surface area contributed by atoms with Gasteiger partial charge in [-0.2, -0.15) is 5.10 Å². The summed E-state index contributed by atoms with van der Waals surface area (Å²) in [4.78, 5) is 30.8. The van der Waals surface area contributed by atoms with E-state index in [1.54, 1.807) is 42.2 Å². The molecule has 0 aliphatic carbocycles. The van der Waals surface area contributed by atoms with E-state index in [1.807, 2.05) is 25.1 Å². The number of pyridine rings is 1. The van der Waals surface area contributed by atoms with Gasteiger partial charge in [0.25, 0.3) is 5.91 Å². The smallest absolute Gasteiger partial charge is 0.257 e. The zero-order chi connectivity index (χ0) is 20.1. The summed E-state index contributed by atoms with van der Waals surface area (Å²) in [6.07, 6.45) is 3.78. The topological polar surface area (TPSA) is 80.1 Å². The molecular formula is C20H20ClN5O2. The number of hydrogen-bond donors (Lipinski definition) is 1. The molecule has 144 valence electrons. The molecule has 1 N–H and O–H groups in total. The van der Waals surface area contributed by atoms with Gasteiger partial charge in [0.15, 0.2) is 5.82 Å². The summed E-state index contributed by atoms with van der Waals surface area (Å²) in [7, 11) is 1.58. The third-order valence-electron chi connectivity index (χ3n) is 4.18. The van der Waals surface area contributed by atoms with Crippen molar-refractivity contribution < 1.29 is 9.59 Å². The average molecular weight is 398 g/mol. The third kappa shape index (κ3) is 4.20. The van der Waals surface area contributed by atoms with Crippen molar-refractivity contribution in [2.24, 2.45) is 0 Å². The predicted octanol–water partition coefficient (Wildman–Crippen LogP) is 3.19. The molecule has 3 rings (SSSR count). The Labute approximate surface area is 167 Å². The summed E-state index contributed by atoms with van der Waals surface area (Å²) in [5.74, 6) is 0.0185. The van der Waals surface area contributed by atoms with Crippen LogP contribution in [0.3, 0.4) is 0 Å². The van der Waals surface area contributed by atoms with Crippen LogP contribution < -0.4 is 5.32 Å². The Kier molecular flexibility index (Phi) is 6.06. The zero-order valence-corrected chi connectivity index (χ0v) is 16.3. The highest BCUT2D eigenvalue weighted by Crippen LogP contribution is 2.20. The molecule has 2 heterocycles. The highest BCUT2D eigenvalue weighted by atomic mass is 35.5. The SMILES string of the molecule is CCc1c(C(=O)N(C)CC(=O)Nc2ccccc2Cl)cnn1-c1ccccn1. The maximum atomic E-state index is 12.9. The van der Waals surface area contributed by atoms with Gasteiger partial charge >= 0.3 is 0 Å². The molecule has 0 radical (unpaired) electrons. The van der Waals surface area contributed by atoms with Gasteiger partial charge in [0, 0.05) is 13.2 Å². The maximum absolute atomic E-state index is 12.9. The third-order valence-corrected chi connectivity index (χ3v) is 4.51. The minimum atomic E-state index is -0.334. The van der Waals surface area contributed by atoms with E-state index in [4.69, 9.17) is 11.6 Å². The predicted molar refractivity (Wildman–Crippen MR) is 108 cm³/mol. The fourth-order valence-corrected chi connectivity index (χ4v) is 3.00. The first kappa shape index (κ1) is 19.6. The zero-order valence-electron chi connectivity index (χ0n) is 15.6. The molecule has 2 aromatic heterocycles. The number of anilines is 1. The number of halogens is 1. The second-order valence-corrected chi connectivity index (χ2v) is 6.55. The second-order valence-electron chi connectivity index (χ2n) is 6.15. The summed E-state index contributed by atoms with van der Waals surface area (Å²) in [5.41, 5.74) is 1.69. The van der Waals surface area contributed by atoms with Crippen LogP contribution in [-0.4, -0.2) is 45.1 Å². The van der Waals surface area contributed by atoms with Gasteiger partial charge in [-0.05, 0) is 30.7 Å². The van der Waals surface area contributed by atoms with Crippen LogP contribution in [0, 0.1) is 0 Å². The molecule has 0 aliphatic rings. The van der Waals surface area contributed by atoms with Crippen molar-refractivity contribution in [2.75, 3.05) is 18.9 Å². The highest BCUT2D eigenvalue weighted by molar-refractivity contribution is 6.33. The molecule has 3 aromatic rings. The van der Waals surface area contributed by atoms with Crippen LogP contribution in [0.4, 0.5) is 5.69 Å². The number of aromatic nitrogens is 3. The molecule has 0 spiro atoms. The second kappa shape index (κ2) is 8.67. The lowest BCUT2D eigenvalue weighted by molar-refractivity contribution is -0.116. The van der Waals surface area contributed by atoms with E-state index in [-0.39, 0.29) is 18.4 Å². The van der Waals surface area contributed by atoms with Gasteiger partial charge in [-0.1, -0.05) is 36.7 Å². The van der Waals surface area contributed by atoms with Gasteiger partial charge < -0.3 is 10.2 Å². The van der Waals surface area contributed by atoms with Crippen molar-refractivity contribution in [3.8, 4) is 5.82 Å². The van der Waals surface area contributed by atoms with E-state index in [9.17, 15) is 9.59 Å². The minimum absolute atomic E-state index is 0.109. The number of amides is 2. The first-order valence-electron chi connectivity index (χ1n) is 8.79. The number of carbonyl (C=O) groups excluding carboxylic acids is 2. The van der Waals surface area contributed by atoms with E-state index >= 15 is 0 Å². The largest absolute Gasteiger partial charge is 0.332 e. The van der Waals surface area contributed by atoms with Gasteiger partial charge in [-0.15, -0.1) is 0 Å². The number of hydrogen-bond acceptors (Lipinski definition) is 4. The number of rotatable bonds is 6. The molecule has 0 unspecified atom stereocenters. The quantitative estimate of drug-likeness (QED) is 0.692. The lowest BCUT2D eigenvalue weighted by Crippen LogP contribution is -2.35. The van der Waals surface area contributed by atoms with E-state index in [1.165, 1.54) is 11.1 Å². The molecule has 0 aliphatic heterocycles. The Hall–Kier alpha value is -3.19. The number of benzene rings is 1. The standard InChI is InChI=1S/C20H20ClN5O2/c1-3-17-14(12-23-26(17)18-10-6-7-11-22-18)20(28)25(2)13-19(27)24-16-9-5-4-8-15(16)21/h4-12H,3,13H2,1-2H3,(H,24,27). The summed E-state index contributed by atoms with van der Waals surface area (Å²) >= 11 is 6.05. The first-order chi connectivity index (χ1) is 13.5. The summed E-state index contributed by atoms with van der Waals surface area (Å²) in [5, 5.41) is 7.46. The lowest BCUT2D eigenvalue weighted by atomic mass is 10.2. The Morgan fingerprint density at radius 2 is 1.93 bits per heavy atom. The molecular weight excluding hydrogens is 378 g/mol. The van der Waals surface area contributed by atoms with Gasteiger partial charge in [0.1, 0.15) is 0 Å². The van der Waals surface area contributed by atoms with Crippen molar-refractivity contribution in [3.05, 3.63) is 71.1 Å². The van der Waals surface area contributed by atoms with Crippen molar-refractivity contribution in [1.29, 1.82) is 0 Å². The van der Waals surface area contributed by atoms with Crippen LogP contribution in [0.15, 0.2) is 54.9 Å². The minimum Gasteiger partial charge on any atom is -0.332 e. The highest BCUT2D eigenvalue weighted by Gasteiger charge is 2.22. The van der Waals surface area contributed by atoms with E-state index in [0.717, 1.165) is 5.69 Å². The Morgan fingerprint density at radius 3 is 2.61 bits per heavy atom. The Bertz CT molecular complexity index is 987. The molecule has 28 heavy (non-hydrogen) atoms. The maximum Gasteiger partial charge on any atom is 0.257 e. The normalized spacial score (nSPS) is 10.5. The molecule has 8 heteroatoms. The fraction of sp³-hybridized carbons (Fsp3) is 0.200. The molecule has 2 amide bonds. The van der Waals surface area contributed by atoms with Crippen molar-refractivity contribution >= 4 is 29.1 Å². The van der Waals surface area contributed by atoms with E-state index in [0.29, 0.717) is 28.5 Å². The first-order valence-corrected chi connectivity index (χ1v) is 9.17. The van der Waals surface area contributed by atoms with Crippen LogP contribution in [0.1, 0.15) is 23.0 Å². The number of nitrogens with zero attached hydrogens (tertiary/aromatic N) is 4. The number of nitrogens with one attached hydrogen (secondary N) is 1. The van der Waals surface area contributed by atoms with Gasteiger partial charge in [0.2, 0.25) is 5.91 Å². The lowest BCUT2D eigenvalue weighted by Gasteiger charge is -2.17. The fourth-order valence-electron chi connectivity index (χ4n) is 2.81. The van der Waals surface area contributed by atoms with Gasteiger partial charge in [-0.3, -0.25) is 9.59 Å². The molecule has 0 fully saturated rings. The van der Waals surface area contributed by atoms with Crippen molar-refractivity contribution in [2.45, 2.75) is 13.3 Å². The average Bonchev–Trinajstić information content (AvgIpc) is 3.13. The Morgan fingerprint density at radius 1 is 1.18 bits per heavy atom. The van der Waals surface area contributed by atoms with Crippen LogP contribution in [-0.2, 0) is 11.2 Å². The van der Waals surface area contributed by atoms with Crippen molar-refractivity contribution in [3.63, 3.8) is 0 Å². The number of carbonyl (C=O) groups is 2. The number of para-hydroxylation sites is 1. The monoisotopic (exact) mass is 397 g/mol. The summed E-state index contributed by atoms with van der Waals surface area (Å²) in [6.45, 7) is 1.83. The van der Waals surface area contributed by atoms with Gasteiger partial charge in [-0.25, -0.2) is 9.67 Å². The molecule has 0 saturated heterocycles. The van der Waals surface area contributed by atoms with Crippen LogP contribution in [0.5, 0.6) is 0 Å². The summed E-state index contributed by atoms with van der Waals surface area (Å²) < 4.78 is 1.64. The number of likely N-dealkylation sites (N-methyl/N-ethyl adjacent to an activating group) is 1. The van der Waals surface area contributed by atoms with Crippen LogP contribution >= 0.6 is 11.6 Å². The van der Waals surface area contributed by atoms with Crippen molar-refractivity contribution in [1.82, 2.24) is 19.7 Å². The van der Waals surface area contributed by atoms with E-state index < -0.39 is 0 Å². The van der Waals surface area contributed by atoms with Gasteiger partial charge in [0.05, 0.1) is 34.7 Å². The van der Waals surface area contributed by atoms with Crippen LogP contribution in [0.2, 0.25) is 5.02 Å². The summed E-state index contributed by atoms with van der Waals surface area (Å²) in [6, 6.07) is 12.4. The molecule has 0 atom stereocenters. The molecule has 0 bridgehead atoms.